The van der Waals surface area contributed by atoms with Crippen LogP contribution < -0.4 is 10.6 Å². The summed E-state index contributed by atoms with van der Waals surface area (Å²) < 4.78 is 14.0. The van der Waals surface area contributed by atoms with Crippen LogP contribution >= 0.6 is 7.14 Å². The van der Waals surface area contributed by atoms with Crippen LogP contribution in [0.15, 0.2) is 30.6 Å². The summed E-state index contributed by atoms with van der Waals surface area (Å²) in [6, 6.07) is 7.61. The Morgan fingerprint density at radius 1 is 1.15 bits per heavy atom. The Labute approximate surface area is 119 Å². The SMILES string of the molecule is CC(C)(C)n1cnnc1Nc1ccc(P(C)(C)=O)cc1. The number of rotatable bonds is 3. The molecule has 1 aromatic heterocycles. The van der Waals surface area contributed by atoms with E-state index in [1.807, 2.05) is 28.8 Å². The van der Waals surface area contributed by atoms with Gasteiger partial charge in [-0.05, 0) is 58.4 Å². The average molecular weight is 292 g/mol. The minimum absolute atomic E-state index is 0.0890. The lowest BCUT2D eigenvalue weighted by Gasteiger charge is -2.22. The van der Waals surface area contributed by atoms with Gasteiger partial charge in [0.25, 0.3) is 0 Å². The highest BCUT2D eigenvalue weighted by molar-refractivity contribution is 7.70. The normalized spacial score (nSPS) is 12.4. The monoisotopic (exact) mass is 292 g/mol. The first-order valence-corrected chi connectivity index (χ1v) is 9.11. The van der Waals surface area contributed by atoms with Crippen molar-refractivity contribution in [1.29, 1.82) is 0 Å². The molecule has 0 saturated carbocycles. The van der Waals surface area contributed by atoms with Gasteiger partial charge >= 0.3 is 0 Å². The van der Waals surface area contributed by atoms with Crippen molar-refractivity contribution in [3.8, 4) is 0 Å². The van der Waals surface area contributed by atoms with E-state index in [1.54, 1.807) is 19.7 Å². The molecule has 108 valence electrons. The lowest BCUT2D eigenvalue weighted by Crippen LogP contribution is -2.22. The van der Waals surface area contributed by atoms with Crippen LogP contribution in [0, 0.1) is 0 Å². The smallest absolute Gasteiger partial charge is 0.229 e. The Bertz CT molecular complexity index is 634. The van der Waals surface area contributed by atoms with Gasteiger partial charge in [0.2, 0.25) is 5.95 Å². The Morgan fingerprint density at radius 3 is 2.25 bits per heavy atom. The number of nitrogens with zero attached hydrogens (tertiary/aromatic N) is 3. The zero-order chi connectivity index (χ0) is 15.0. The van der Waals surface area contributed by atoms with E-state index in [0.29, 0.717) is 5.95 Å². The summed E-state index contributed by atoms with van der Waals surface area (Å²) in [4.78, 5) is 0. The lowest BCUT2D eigenvalue weighted by atomic mass is 10.1. The van der Waals surface area contributed by atoms with E-state index in [0.717, 1.165) is 11.0 Å². The van der Waals surface area contributed by atoms with Gasteiger partial charge in [0.15, 0.2) is 0 Å². The summed E-state index contributed by atoms with van der Waals surface area (Å²) >= 11 is 0. The fourth-order valence-electron chi connectivity index (χ4n) is 1.84. The molecule has 2 aromatic rings. The molecule has 0 amide bonds. The van der Waals surface area contributed by atoms with Gasteiger partial charge in [0.05, 0.1) is 0 Å². The van der Waals surface area contributed by atoms with Crippen molar-refractivity contribution in [3.63, 3.8) is 0 Å². The number of anilines is 2. The quantitative estimate of drug-likeness (QED) is 0.883. The van der Waals surface area contributed by atoms with Crippen LogP contribution in [0.25, 0.3) is 0 Å². The molecule has 1 N–H and O–H groups in total. The summed E-state index contributed by atoms with van der Waals surface area (Å²) in [5, 5.41) is 12.2. The van der Waals surface area contributed by atoms with Crippen molar-refractivity contribution in [1.82, 2.24) is 14.8 Å². The van der Waals surface area contributed by atoms with Crippen LogP contribution in [0.3, 0.4) is 0 Å². The van der Waals surface area contributed by atoms with Crippen LogP contribution in [0.5, 0.6) is 0 Å². The molecule has 1 aromatic carbocycles. The summed E-state index contributed by atoms with van der Waals surface area (Å²) in [7, 11) is -2.21. The first kappa shape index (κ1) is 14.8. The zero-order valence-corrected chi connectivity index (χ0v) is 13.5. The van der Waals surface area contributed by atoms with Gasteiger partial charge in [-0.2, -0.15) is 0 Å². The molecular formula is C14H21N4OP. The van der Waals surface area contributed by atoms with Gasteiger partial charge in [-0.25, -0.2) is 0 Å². The number of aromatic nitrogens is 3. The third-order valence-electron chi connectivity index (χ3n) is 3.02. The summed E-state index contributed by atoms with van der Waals surface area (Å²) in [5.41, 5.74) is 0.814. The van der Waals surface area contributed by atoms with Crippen LogP contribution in [0.2, 0.25) is 0 Å². The maximum atomic E-state index is 12.0. The van der Waals surface area contributed by atoms with E-state index in [-0.39, 0.29) is 5.54 Å². The first-order chi connectivity index (χ1) is 9.18. The molecule has 0 aliphatic rings. The van der Waals surface area contributed by atoms with Crippen LogP contribution in [-0.4, -0.2) is 28.1 Å². The Hall–Kier alpha value is -1.61. The van der Waals surface area contributed by atoms with Crippen molar-refractivity contribution in [3.05, 3.63) is 30.6 Å². The van der Waals surface area contributed by atoms with E-state index >= 15 is 0 Å². The highest BCUT2D eigenvalue weighted by Gasteiger charge is 2.18. The molecule has 20 heavy (non-hydrogen) atoms. The topological polar surface area (TPSA) is 59.8 Å². The van der Waals surface area contributed by atoms with E-state index in [9.17, 15) is 4.57 Å². The van der Waals surface area contributed by atoms with E-state index in [2.05, 4.69) is 36.3 Å². The van der Waals surface area contributed by atoms with Crippen molar-refractivity contribution >= 4 is 24.1 Å². The molecular weight excluding hydrogens is 271 g/mol. The van der Waals surface area contributed by atoms with Crippen LogP contribution in [0.4, 0.5) is 11.6 Å². The highest BCUT2D eigenvalue weighted by Crippen LogP contribution is 2.34. The molecule has 6 heteroatoms. The molecule has 0 spiro atoms. The van der Waals surface area contributed by atoms with Gasteiger partial charge in [-0.15, -0.1) is 10.2 Å². The Kier molecular flexibility index (Phi) is 3.74. The van der Waals surface area contributed by atoms with E-state index in [4.69, 9.17) is 0 Å². The molecule has 1 heterocycles. The van der Waals surface area contributed by atoms with Gasteiger partial charge < -0.3 is 9.88 Å². The first-order valence-electron chi connectivity index (χ1n) is 6.51. The minimum Gasteiger partial charge on any atom is -0.324 e. The van der Waals surface area contributed by atoms with Crippen LogP contribution in [-0.2, 0) is 10.1 Å². The van der Waals surface area contributed by atoms with Gasteiger partial charge in [0.1, 0.15) is 13.5 Å². The van der Waals surface area contributed by atoms with Crippen LogP contribution in [0.1, 0.15) is 20.8 Å². The van der Waals surface area contributed by atoms with Crippen molar-refractivity contribution < 1.29 is 4.57 Å². The number of hydrogen-bond donors (Lipinski definition) is 1. The fourth-order valence-corrected chi connectivity index (χ4v) is 2.71. The minimum atomic E-state index is -2.21. The Balaban J connectivity index is 2.24. The summed E-state index contributed by atoms with van der Waals surface area (Å²) in [6.07, 6.45) is 1.71. The second-order valence-corrected chi connectivity index (χ2v) is 9.44. The summed E-state index contributed by atoms with van der Waals surface area (Å²) in [6.45, 7) is 9.82. The van der Waals surface area contributed by atoms with Gasteiger partial charge in [0, 0.05) is 16.5 Å². The van der Waals surface area contributed by atoms with Crippen molar-refractivity contribution in [2.45, 2.75) is 26.3 Å². The second kappa shape index (κ2) is 5.06. The predicted molar refractivity (Wildman–Crippen MR) is 83.8 cm³/mol. The number of benzene rings is 1. The molecule has 0 atom stereocenters. The number of hydrogen-bond acceptors (Lipinski definition) is 4. The molecule has 0 fully saturated rings. The van der Waals surface area contributed by atoms with Gasteiger partial charge in [-0.3, -0.25) is 4.57 Å². The third-order valence-corrected chi connectivity index (χ3v) is 4.56. The maximum absolute atomic E-state index is 12.0. The second-order valence-electron chi connectivity index (χ2n) is 6.22. The molecule has 0 aliphatic heterocycles. The lowest BCUT2D eigenvalue weighted by molar-refractivity contribution is 0.401. The molecule has 0 bridgehead atoms. The molecule has 0 saturated heterocycles. The highest BCUT2D eigenvalue weighted by atomic mass is 31.2. The van der Waals surface area contributed by atoms with Crippen molar-refractivity contribution in [2.24, 2.45) is 0 Å². The van der Waals surface area contributed by atoms with E-state index in [1.165, 1.54) is 0 Å². The third kappa shape index (κ3) is 3.28. The fraction of sp³-hybridized carbons (Fsp3) is 0.429. The molecule has 5 nitrogen and oxygen atoms in total. The Morgan fingerprint density at radius 2 is 1.75 bits per heavy atom. The zero-order valence-electron chi connectivity index (χ0n) is 12.6. The molecule has 0 radical (unpaired) electrons. The maximum Gasteiger partial charge on any atom is 0.229 e. The number of nitrogens with one attached hydrogen (secondary N) is 1. The average Bonchev–Trinajstić information content (AvgIpc) is 2.76. The van der Waals surface area contributed by atoms with Crippen molar-refractivity contribution in [2.75, 3.05) is 18.6 Å². The predicted octanol–water partition coefficient (Wildman–Crippen LogP) is 3.02. The standard InChI is InChI=1S/C14H21N4OP/c1-14(2,3)18-10-15-17-13(18)16-11-6-8-12(9-7-11)20(4,5)19/h6-10H,1-5H3,(H,16,17). The van der Waals surface area contributed by atoms with Gasteiger partial charge in [-0.1, -0.05) is 0 Å². The molecule has 0 unspecified atom stereocenters. The molecule has 2 rings (SSSR count). The molecule has 0 aliphatic carbocycles. The van der Waals surface area contributed by atoms with E-state index < -0.39 is 7.14 Å². The largest absolute Gasteiger partial charge is 0.324 e. The summed E-state index contributed by atoms with van der Waals surface area (Å²) in [5.74, 6) is 0.696.